The van der Waals surface area contributed by atoms with Gasteiger partial charge in [-0.2, -0.15) is 0 Å². The molecule has 0 saturated carbocycles. The summed E-state index contributed by atoms with van der Waals surface area (Å²) in [4.78, 5) is 13.5. The van der Waals surface area contributed by atoms with Gasteiger partial charge in [0.25, 0.3) is 0 Å². The van der Waals surface area contributed by atoms with Crippen LogP contribution >= 0.6 is 0 Å². The molecule has 1 rings (SSSR count). The highest BCUT2D eigenvalue weighted by atomic mass is 32.2. The minimum atomic E-state index is -3.45. The van der Waals surface area contributed by atoms with E-state index in [0.717, 1.165) is 18.4 Å². The standard InChI is InChI=1S/C7H9N3O4S/c1-8-7-5(10(11)12)3-4-6(9-7)15(2,13)14/h3-4H,1-2H3,(H,8,9). The van der Waals surface area contributed by atoms with Crippen molar-refractivity contribution in [2.45, 2.75) is 5.03 Å². The predicted octanol–water partition coefficient (Wildman–Crippen LogP) is 0.435. The Bertz CT molecular complexity index is 497. The Morgan fingerprint density at radius 1 is 1.47 bits per heavy atom. The van der Waals surface area contributed by atoms with Gasteiger partial charge in [0.2, 0.25) is 5.82 Å². The zero-order valence-electron chi connectivity index (χ0n) is 8.09. The molecule has 7 nitrogen and oxygen atoms in total. The molecule has 0 fully saturated rings. The van der Waals surface area contributed by atoms with E-state index in [1.54, 1.807) is 0 Å². The zero-order valence-corrected chi connectivity index (χ0v) is 8.91. The number of hydrogen-bond acceptors (Lipinski definition) is 6. The molecule has 0 unspecified atom stereocenters. The van der Waals surface area contributed by atoms with Gasteiger partial charge in [0.15, 0.2) is 14.9 Å². The van der Waals surface area contributed by atoms with Crippen molar-refractivity contribution in [2.75, 3.05) is 18.6 Å². The highest BCUT2D eigenvalue weighted by molar-refractivity contribution is 7.90. The summed E-state index contributed by atoms with van der Waals surface area (Å²) in [7, 11) is -2.02. The van der Waals surface area contributed by atoms with Crippen molar-refractivity contribution in [3.8, 4) is 0 Å². The Labute approximate surface area is 86.2 Å². The molecular weight excluding hydrogens is 222 g/mol. The first-order chi connectivity index (χ1) is 6.86. The summed E-state index contributed by atoms with van der Waals surface area (Å²) >= 11 is 0. The first-order valence-electron chi connectivity index (χ1n) is 3.89. The summed E-state index contributed by atoms with van der Waals surface area (Å²) < 4.78 is 22.2. The van der Waals surface area contributed by atoms with Crippen LogP contribution < -0.4 is 5.32 Å². The third-order valence-electron chi connectivity index (χ3n) is 1.66. The van der Waals surface area contributed by atoms with E-state index >= 15 is 0 Å². The van der Waals surface area contributed by atoms with Gasteiger partial charge in [-0.05, 0) is 6.07 Å². The smallest absolute Gasteiger partial charge is 0.311 e. The molecule has 0 saturated heterocycles. The van der Waals surface area contributed by atoms with Crippen LogP contribution in [0.1, 0.15) is 0 Å². The molecular formula is C7H9N3O4S. The van der Waals surface area contributed by atoms with Crippen LogP contribution in [0.3, 0.4) is 0 Å². The van der Waals surface area contributed by atoms with Crippen LogP contribution in [0.15, 0.2) is 17.2 Å². The Kier molecular flexibility index (Phi) is 2.89. The molecule has 1 N–H and O–H groups in total. The largest absolute Gasteiger partial charge is 0.367 e. The highest BCUT2D eigenvalue weighted by Gasteiger charge is 2.18. The molecule has 0 amide bonds. The maximum atomic E-state index is 11.1. The van der Waals surface area contributed by atoms with Crippen LogP contribution in [-0.2, 0) is 9.84 Å². The predicted molar refractivity (Wildman–Crippen MR) is 53.5 cm³/mol. The Balaban J connectivity index is 3.38. The van der Waals surface area contributed by atoms with Gasteiger partial charge in [-0.25, -0.2) is 13.4 Å². The Morgan fingerprint density at radius 2 is 2.07 bits per heavy atom. The van der Waals surface area contributed by atoms with E-state index in [0.29, 0.717) is 0 Å². The van der Waals surface area contributed by atoms with Gasteiger partial charge in [-0.15, -0.1) is 0 Å². The Morgan fingerprint density at radius 3 is 2.47 bits per heavy atom. The third-order valence-corrected chi connectivity index (χ3v) is 2.65. The lowest BCUT2D eigenvalue weighted by molar-refractivity contribution is -0.384. The second-order valence-electron chi connectivity index (χ2n) is 2.80. The number of rotatable bonds is 3. The second-order valence-corrected chi connectivity index (χ2v) is 4.76. The van der Waals surface area contributed by atoms with Crippen molar-refractivity contribution < 1.29 is 13.3 Å². The quantitative estimate of drug-likeness (QED) is 0.598. The van der Waals surface area contributed by atoms with E-state index in [9.17, 15) is 18.5 Å². The van der Waals surface area contributed by atoms with Gasteiger partial charge >= 0.3 is 5.69 Å². The van der Waals surface area contributed by atoms with Crippen molar-refractivity contribution in [1.29, 1.82) is 0 Å². The number of anilines is 1. The van der Waals surface area contributed by atoms with Crippen molar-refractivity contribution in [3.63, 3.8) is 0 Å². The summed E-state index contributed by atoms with van der Waals surface area (Å²) in [5.41, 5.74) is -0.259. The summed E-state index contributed by atoms with van der Waals surface area (Å²) in [6.45, 7) is 0. The maximum Gasteiger partial charge on any atom is 0.311 e. The first kappa shape index (κ1) is 11.4. The molecule has 0 bridgehead atoms. The molecule has 1 aromatic rings. The third kappa shape index (κ3) is 2.40. The molecule has 0 aliphatic carbocycles. The van der Waals surface area contributed by atoms with Crippen LogP contribution in [0, 0.1) is 10.1 Å². The molecule has 82 valence electrons. The molecule has 1 aromatic heterocycles. The number of hydrogen-bond donors (Lipinski definition) is 1. The fourth-order valence-corrected chi connectivity index (χ4v) is 1.54. The van der Waals surface area contributed by atoms with Crippen LogP contribution in [0.4, 0.5) is 11.5 Å². The fourth-order valence-electron chi connectivity index (χ4n) is 0.972. The molecule has 0 aliphatic rings. The van der Waals surface area contributed by atoms with Crippen molar-refractivity contribution in [3.05, 3.63) is 22.2 Å². The summed E-state index contributed by atoms with van der Waals surface area (Å²) in [5, 5.41) is 12.8. The van der Waals surface area contributed by atoms with Crippen LogP contribution in [-0.4, -0.2) is 31.6 Å². The van der Waals surface area contributed by atoms with E-state index in [-0.39, 0.29) is 16.5 Å². The molecule has 0 radical (unpaired) electrons. The average Bonchev–Trinajstić information content (AvgIpc) is 2.15. The molecule has 8 heteroatoms. The van der Waals surface area contributed by atoms with Gasteiger partial charge in [0.05, 0.1) is 4.92 Å². The van der Waals surface area contributed by atoms with Crippen molar-refractivity contribution in [2.24, 2.45) is 0 Å². The lowest BCUT2D eigenvalue weighted by atomic mass is 10.4. The van der Waals surface area contributed by atoms with E-state index in [1.807, 2.05) is 0 Å². The van der Waals surface area contributed by atoms with Crippen LogP contribution in [0.25, 0.3) is 0 Å². The monoisotopic (exact) mass is 231 g/mol. The maximum absolute atomic E-state index is 11.1. The van der Waals surface area contributed by atoms with Gasteiger partial charge < -0.3 is 5.32 Å². The van der Waals surface area contributed by atoms with Crippen LogP contribution in [0.5, 0.6) is 0 Å². The van der Waals surface area contributed by atoms with Crippen LogP contribution in [0.2, 0.25) is 0 Å². The zero-order chi connectivity index (χ0) is 11.6. The number of aromatic nitrogens is 1. The van der Waals surface area contributed by atoms with Gasteiger partial charge in [-0.1, -0.05) is 0 Å². The Hall–Kier alpha value is -1.70. The number of pyridine rings is 1. The molecule has 0 aromatic carbocycles. The fraction of sp³-hybridized carbons (Fsp3) is 0.286. The molecule has 0 atom stereocenters. The first-order valence-corrected chi connectivity index (χ1v) is 5.78. The van der Waals surface area contributed by atoms with E-state index in [1.165, 1.54) is 7.05 Å². The van der Waals surface area contributed by atoms with Gasteiger partial charge in [0.1, 0.15) is 0 Å². The normalized spacial score (nSPS) is 11.1. The molecule has 0 spiro atoms. The number of nitrogens with one attached hydrogen (secondary N) is 1. The second kappa shape index (κ2) is 3.81. The molecule has 1 heterocycles. The topological polar surface area (TPSA) is 102 Å². The number of sulfone groups is 1. The minimum absolute atomic E-state index is 0.0667. The summed E-state index contributed by atoms with van der Waals surface area (Å²) in [6.07, 6.45) is 0.987. The average molecular weight is 231 g/mol. The van der Waals surface area contributed by atoms with E-state index in [2.05, 4.69) is 10.3 Å². The molecule has 15 heavy (non-hydrogen) atoms. The lowest BCUT2D eigenvalue weighted by Crippen LogP contribution is -2.05. The SMILES string of the molecule is CNc1nc(S(C)(=O)=O)ccc1[N+](=O)[O-]. The van der Waals surface area contributed by atoms with Gasteiger partial charge in [0, 0.05) is 19.4 Å². The van der Waals surface area contributed by atoms with E-state index < -0.39 is 14.8 Å². The summed E-state index contributed by atoms with van der Waals surface area (Å²) in [5.74, 6) is -0.0667. The summed E-state index contributed by atoms with van der Waals surface area (Å²) in [6, 6.07) is 2.21. The molecule has 0 aliphatic heterocycles. The van der Waals surface area contributed by atoms with Crippen molar-refractivity contribution >= 4 is 21.3 Å². The number of nitro groups is 1. The number of nitrogens with zero attached hydrogens (tertiary/aromatic N) is 2. The van der Waals surface area contributed by atoms with E-state index in [4.69, 9.17) is 0 Å². The minimum Gasteiger partial charge on any atom is -0.367 e. The van der Waals surface area contributed by atoms with Crippen molar-refractivity contribution in [1.82, 2.24) is 4.98 Å². The lowest BCUT2D eigenvalue weighted by Gasteiger charge is -2.02. The highest BCUT2D eigenvalue weighted by Crippen LogP contribution is 2.22. The van der Waals surface area contributed by atoms with Gasteiger partial charge in [-0.3, -0.25) is 10.1 Å².